The second-order valence-corrected chi connectivity index (χ2v) is 6.10. The van der Waals surface area contributed by atoms with Crippen LogP contribution < -0.4 is 14.8 Å². The molecule has 2 rings (SSSR count). The third-order valence-electron chi connectivity index (χ3n) is 3.51. The Kier molecular flexibility index (Phi) is 7.28. The van der Waals surface area contributed by atoms with E-state index >= 15 is 0 Å². The van der Waals surface area contributed by atoms with Crippen molar-refractivity contribution in [1.29, 1.82) is 0 Å². The number of alkyl halides is 3. The molecule has 150 valence electrons. The molecule has 9 heteroatoms. The van der Waals surface area contributed by atoms with Crippen LogP contribution in [0.3, 0.4) is 0 Å². The molecule has 0 aliphatic rings. The second kappa shape index (κ2) is 9.45. The lowest BCUT2D eigenvalue weighted by molar-refractivity contribution is -0.137. The molecule has 0 atom stereocenters. The lowest BCUT2D eigenvalue weighted by Crippen LogP contribution is -2.21. The predicted molar refractivity (Wildman–Crippen MR) is 98.2 cm³/mol. The second-order valence-electron chi connectivity index (χ2n) is 5.70. The fourth-order valence-electron chi connectivity index (χ4n) is 2.17. The molecule has 0 unspecified atom stereocenters. The van der Waals surface area contributed by atoms with Crippen molar-refractivity contribution < 1.29 is 32.2 Å². The summed E-state index contributed by atoms with van der Waals surface area (Å²) in [6.07, 6.45) is -3.23. The smallest absolute Gasteiger partial charge is 0.416 e. The van der Waals surface area contributed by atoms with Gasteiger partial charge in [0.1, 0.15) is 11.5 Å². The quantitative estimate of drug-likeness (QED) is 0.618. The van der Waals surface area contributed by atoms with E-state index in [1.807, 2.05) is 6.92 Å². The van der Waals surface area contributed by atoms with E-state index in [-0.39, 0.29) is 22.0 Å². The first kappa shape index (κ1) is 21.6. The molecule has 0 aliphatic carbocycles. The monoisotopic (exact) mass is 415 g/mol. The van der Waals surface area contributed by atoms with Crippen molar-refractivity contribution in [3.05, 3.63) is 52.5 Å². The highest BCUT2D eigenvalue weighted by atomic mass is 35.5. The van der Waals surface area contributed by atoms with Gasteiger partial charge in [0.15, 0.2) is 12.9 Å². The minimum absolute atomic E-state index is 0.0510. The Hall–Kier alpha value is -2.74. The number of hydrogen-bond donors (Lipinski definition) is 1. The normalized spacial score (nSPS) is 11.0. The number of aldehydes is 1. The Balaban J connectivity index is 2.07. The fraction of sp³-hybridized carbons (Fsp3) is 0.263. The molecule has 28 heavy (non-hydrogen) atoms. The number of anilines is 1. The van der Waals surface area contributed by atoms with Crippen LogP contribution in [0.15, 0.2) is 36.4 Å². The van der Waals surface area contributed by atoms with Gasteiger partial charge in [-0.05, 0) is 36.8 Å². The Bertz CT molecular complexity index is 856. The zero-order valence-electron chi connectivity index (χ0n) is 14.8. The zero-order valence-corrected chi connectivity index (χ0v) is 15.6. The van der Waals surface area contributed by atoms with E-state index in [2.05, 4.69) is 5.32 Å². The van der Waals surface area contributed by atoms with Crippen molar-refractivity contribution in [1.82, 2.24) is 0 Å². The van der Waals surface area contributed by atoms with Gasteiger partial charge in [0.25, 0.3) is 5.91 Å². The van der Waals surface area contributed by atoms with Gasteiger partial charge in [-0.2, -0.15) is 13.2 Å². The molecule has 1 N–H and O–H groups in total. The molecule has 0 fully saturated rings. The lowest BCUT2D eigenvalue weighted by atomic mass is 10.2. The van der Waals surface area contributed by atoms with Gasteiger partial charge in [-0.25, -0.2) is 0 Å². The fourth-order valence-corrected chi connectivity index (χ4v) is 2.34. The number of carbonyl (C=O) groups is 2. The van der Waals surface area contributed by atoms with Crippen LogP contribution in [0.4, 0.5) is 18.9 Å². The Labute approximate surface area is 164 Å². The van der Waals surface area contributed by atoms with Crippen molar-refractivity contribution in [2.24, 2.45) is 0 Å². The molecule has 0 saturated carbocycles. The van der Waals surface area contributed by atoms with Crippen LogP contribution in [-0.4, -0.2) is 25.4 Å². The Morgan fingerprint density at radius 3 is 2.57 bits per heavy atom. The molecular formula is C19H17ClF3NO4. The average molecular weight is 416 g/mol. The van der Waals surface area contributed by atoms with Crippen LogP contribution in [0.5, 0.6) is 11.5 Å². The van der Waals surface area contributed by atoms with Gasteiger partial charge < -0.3 is 14.8 Å². The van der Waals surface area contributed by atoms with Gasteiger partial charge in [-0.3, -0.25) is 9.59 Å². The standard InChI is InChI=1S/C19H17ClF3NO4/c1-2-7-27-14-5-3-12(10-25)17(9-14)28-11-18(26)24-16-8-13(19(21,22)23)4-6-15(16)20/h3-6,8-10H,2,7,11H2,1H3,(H,24,26). The van der Waals surface area contributed by atoms with Gasteiger partial charge in [-0.15, -0.1) is 0 Å². The van der Waals surface area contributed by atoms with Crippen LogP contribution in [0, 0.1) is 0 Å². The van der Waals surface area contributed by atoms with Crippen LogP contribution >= 0.6 is 11.6 Å². The van der Waals surface area contributed by atoms with E-state index in [1.165, 1.54) is 12.1 Å². The molecule has 0 aromatic heterocycles. The molecule has 0 radical (unpaired) electrons. The number of halogens is 4. The molecule has 0 bridgehead atoms. The largest absolute Gasteiger partial charge is 0.493 e. The van der Waals surface area contributed by atoms with Crippen LogP contribution in [-0.2, 0) is 11.0 Å². The van der Waals surface area contributed by atoms with E-state index in [4.69, 9.17) is 21.1 Å². The minimum Gasteiger partial charge on any atom is -0.493 e. The number of carbonyl (C=O) groups excluding carboxylic acids is 2. The van der Waals surface area contributed by atoms with E-state index in [1.54, 1.807) is 6.07 Å². The van der Waals surface area contributed by atoms with Crippen LogP contribution in [0.1, 0.15) is 29.3 Å². The first-order chi connectivity index (χ1) is 13.2. The average Bonchev–Trinajstić information content (AvgIpc) is 2.65. The third kappa shape index (κ3) is 5.88. The summed E-state index contributed by atoms with van der Waals surface area (Å²) in [5, 5.41) is 2.21. The number of benzene rings is 2. The summed E-state index contributed by atoms with van der Waals surface area (Å²) in [4.78, 5) is 23.2. The van der Waals surface area contributed by atoms with Crippen molar-refractivity contribution in [2.75, 3.05) is 18.5 Å². The van der Waals surface area contributed by atoms with Gasteiger partial charge in [0.05, 0.1) is 28.4 Å². The number of ether oxygens (including phenoxy) is 2. The predicted octanol–water partition coefficient (Wildman–Crippen LogP) is 4.98. The summed E-state index contributed by atoms with van der Waals surface area (Å²) < 4.78 is 49.1. The van der Waals surface area contributed by atoms with Crippen LogP contribution in [0.2, 0.25) is 5.02 Å². The highest BCUT2D eigenvalue weighted by Crippen LogP contribution is 2.33. The number of rotatable bonds is 8. The zero-order chi connectivity index (χ0) is 20.7. The number of amides is 1. The summed E-state index contributed by atoms with van der Waals surface area (Å²) in [5.41, 5.74) is -0.938. The van der Waals surface area contributed by atoms with Gasteiger partial charge in [0.2, 0.25) is 0 Å². The molecule has 2 aromatic rings. The Morgan fingerprint density at radius 2 is 1.93 bits per heavy atom. The maximum Gasteiger partial charge on any atom is 0.416 e. The molecule has 0 saturated heterocycles. The summed E-state index contributed by atoms with van der Waals surface area (Å²) in [6, 6.07) is 7.12. The Morgan fingerprint density at radius 1 is 1.18 bits per heavy atom. The third-order valence-corrected chi connectivity index (χ3v) is 3.84. The maximum atomic E-state index is 12.8. The topological polar surface area (TPSA) is 64.6 Å². The van der Waals surface area contributed by atoms with Gasteiger partial charge in [0, 0.05) is 6.07 Å². The lowest BCUT2D eigenvalue weighted by Gasteiger charge is -2.13. The molecule has 0 spiro atoms. The SMILES string of the molecule is CCCOc1ccc(C=O)c(OCC(=O)Nc2cc(C(F)(F)F)ccc2Cl)c1. The summed E-state index contributed by atoms with van der Waals surface area (Å²) >= 11 is 5.84. The van der Waals surface area contributed by atoms with Gasteiger partial charge in [-0.1, -0.05) is 18.5 Å². The van der Waals surface area contributed by atoms with Crippen molar-refractivity contribution >= 4 is 29.5 Å². The summed E-state index contributed by atoms with van der Waals surface area (Å²) in [7, 11) is 0. The molecule has 0 heterocycles. The van der Waals surface area contributed by atoms with Gasteiger partial charge >= 0.3 is 6.18 Å². The highest BCUT2D eigenvalue weighted by molar-refractivity contribution is 6.33. The van der Waals surface area contributed by atoms with E-state index < -0.39 is 24.3 Å². The number of nitrogens with one attached hydrogen (secondary N) is 1. The van der Waals surface area contributed by atoms with E-state index in [0.717, 1.165) is 24.6 Å². The van der Waals surface area contributed by atoms with E-state index in [0.29, 0.717) is 18.6 Å². The molecule has 2 aromatic carbocycles. The van der Waals surface area contributed by atoms with Crippen LogP contribution in [0.25, 0.3) is 0 Å². The van der Waals surface area contributed by atoms with Crippen molar-refractivity contribution in [3.63, 3.8) is 0 Å². The molecular weight excluding hydrogens is 399 g/mol. The first-order valence-electron chi connectivity index (χ1n) is 8.26. The molecule has 5 nitrogen and oxygen atoms in total. The highest BCUT2D eigenvalue weighted by Gasteiger charge is 2.31. The maximum absolute atomic E-state index is 12.8. The van der Waals surface area contributed by atoms with E-state index in [9.17, 15) is 22.8 Å². The summed E-state index contributed by atoms with van der Waals surface area (Å²) in [6.45, 7) is 1.86. The van der Waals surface area contributed by atoms with Crippen molar-refractivity contribution in [2.45, 2.75) is 19.5 Å². The molecule has 0 aliphatic heterocycles. The van der Waals surface area contributed by atoms with Crippen molar-refractivity contribution in [3.8, 4) is 11.5 Å². The number of hydrogen-bond acceptors (Lipinski definition) is 4. The summed E-state index contributed by atoms with van der Waals surface area (Å²) in [5.74, 6) is -0.157. The first-order valence-corrected chi connectivity index (χ1v) is 8.63. The molecule has 1 amide bonds. The minimum atomic E-state index is -4.57.